The third kappa shape index (κ3) is 6.44. The third-order valence-electron chi connectivity index (χ3n) is 4.85. The zero-order valence-electron chi connectivity index (χ0n) is 16.4. The fraction of sp³-hybridized carbons (Fsp3) is 0.381. The van der Waals surface area contributed by atoms with Crippen molar-refractivity contribution in [3.8, 4) is 0 Å². The average Bonchev–Trinajstić information content (AvgIpc) is 2.75. The Balaban J connectivity index is 1.34. The van der Waals surface area contributed by atoms with Crippen LogP contribution in [-0.2, 0) is 11.2 Å². The molecule has 0 atom stereocenters. The number of amides is 1. The van der Waals surface area contributed by atoms with Gasteiger partial charge in [0.2, 0.25) is 5.91 Å². The molecule has 0 bridgehead atoms. The second-order valence-electron chi connectivity index (χ2n) is 6.86. The number of nitrogens with zero attached hydrogens (tertiary/aromatic N) is 4. The Kier molecular flexibility index (Phi) is 7.38. The maximum atomic E-state index is 13.0. The molecule has 3 N–H and O–H groups in total. The molecule has 29 heavy (non-hydrogen) atoms. The molecule has 1 fully saturated rings. The first kappa shape index (κ1) is 20.6. The number of pyridine rings is 1. The highest BCUT2D eigenvalue weighted by atomic mass is 19.1. The van der Waals surface area contributed by atoms with E-state index in [1.807, 2.05) is 23.1 Å². The number of nitrogens with one attached hydrogen (secondary N) is 1. The number of carbonyl (C=O) groups is 1. The van der Waals surface area contributed by atoms with Crippen molar-refractivity contribution >= 4 is 17.6 Å². The van der Waals surface area contributed by atoms with Crippen LogP contribution in [0, 0.1) is 5.82 Å². The molecule has 0 saturated carbocycles. The van der Waals surface area contributed by atoms with Crippen LogP contribution in [0.15, 0.2) is 53.7 Å². The standard InChI is InChI=1S/C21H27FN6O/c22-17-4-6-19(7-5-17)27-13-15-28(16-14-27)20(29)9-12-26-21(23)25-11-8-18-3-1-2-10-24-18/h1-7,10H,8-9,11-16H2,(H3,23,25,26). The number of rotatable bonds is 7. The van der Waals surface area contributed by atoms with Gasteiger partial charge in [0.15, 0.2) is 5.96 Å². The first-order chi connectivity index (χ1) is 14.1. The van der Waals surface area contributed by atoms with Gasteiger partial charge in [-0.15, -0.1) is 0 Å². The predicted octanol–water partition coefficient (Wildman–Crippen LogP) is 1.41. The Bertz CT molecular complexity index is 804. The third-order valence-corrected chi connectivity index (χ3v) is 4.85. The van der Waals surface area contributed by atoms with E-state index in [0.29, 0.717) is 38.6 Å². The maximum absolute atomic E-state index is 13.0. The number of guanidine groups is 1. The lowest BCUT2D eigenvalue weighted by atomic mass is 10.2. The first-order valence-corrected chi connectivity index (χ1v) is 9.84. The minimum absolute atomic E-state index is 0.0776. The Morgan fingerprint density at radius 1 is 1.14 bits per heavy atom. The molecule has 2 aromatic rings. The first-order valence-electron chi connectivity index (χ1n) is 9.84. The Hall–Kier alpha value is -3.16. The van der Waals surface area contributed by atoms with Crippen LogP contribution in [0.1, 0.15) is 12.1 Å². The van der Waals surface area contributed by atoms with Crippen LogP contribution >= 0.6 is 0 Å². The van der Waals surface area contributed by atoms with E-state index in [1.54, 1.807) is 18.3 Å². The number of anilines is 1. The maximum Gasteiger partial charge on any atom is 0.224 e. The van der Waals surface area contributed by atoms with Crippen molar-refractivity contribution < 1.29 is 9.18 Å². The molecular weight excluding hydrogens is 371 g/mol. The van der Waals surface area contributed by atoms with Crippen LogP contribution in [0.25, 0.3) is 0 Å². The molecule has 0 aliphatic carbocycles. The van der Waals surface area contributed by atoms with Gasteiger partial charge >= 0.3 is 0 Å². The Morgan fingerprint density at radius 3 is 2.59 bits per heavy atom. The van der Waals surface area contributed by atoms with Crippen molar-refractivity contribution in [1.82, 2.24) is 15.2 Å². The van der Waals surface area contributed by atoms with E-state index >= 15 is 0 Å². The molecule has 7 nitrogen and oxygen atoms in total. The lowest BCUT2D eigenvalue weighted by Crippen LogP contribution is -2.49. The Morgan fingerprint density at radius 2 is 1.90 bits per heavy atom. The smallest absolute Gasteiger partial charge is 0.224 e. The molecule has 1 saturated heterocycles. The molecule has 3 rings (SSSR count). The highest BCUT2D eigenvalue weighted by molar-refractivity contribution is 5.79. The van der Waals surface area contributed by atoms with Crippen molar-refractivity contribution in [2.45, 2.75) is 12.8 Å². The Labute approximate surface area is 170 Å². The van der Waals surface area contributed by atoms with E-state index in [9.17, 15) is 9.18 Å². The summed E-state index contributed by atoms with van der Waals surface area (Å²) < 4.78 is 13.0. The van der Waals surface area contributed by atoms with E-state index in [2.05, 4.69) is 20.2 Å². The molecule has 154 valence electrons. The second-order valence-corrected chi connectivity index (χ2v) is 6.86. The fourth-order valence-corrected chi connectivity index (χ4v) is 3.22. The molecular formula is C21H27FN6O. The minimum atomic E-state index is -0.242. The summed E-state index contributed by atoms with van der Waals surface area (Å²) in [5.41, 5.74) is 7.82. The molecule has 0 spiro atoms. The van der Waals surface area contributed by atoms with Crippen LogP contribution in [0.2, 0.25) is 0 Å². The number of hydrogen-bond donors (Lipinski definition) is 2. The van der Waals surface area contributed by atoms with Crippen molar-refractivity contribution in [3.05, 3.63) is 60.2 Å². The molecule has 0 radical (unpaired) electrons. The zero-order chi connectivity index (χ0) is 20.5. The van der Waals surface area contributed by atoms with Gasteiger partial charge in [-0.25, -0.2) is 4.39 Å². The summed E-state index contributed by atoms with van der Waals surface area (Å²) in [6, 6.07) is 12.2. The van der Waals surface area contributed by atoms with Gasteiger partial charge in [-0.3, -0.25) is 14.8 Å². The van der Waals surface area contributed by atoms with Crippen LogP contribution in [0.4, 0.5) is 10.1 Å². The van der Waals surface area contributed by atoms with E-state index in [0.717, 1.165) is 30.9 Å². The summed E-state index contributed by atoms with van der Waals surface area (Å²) >= 11 is 0. The highest BCUT2D eigenvalue weighted by Gasteiger charge is 2.20. The molecule has 1 aromatic carbocycles. The number of nitrogens with two attached hydrogens (primary N) is 1. The summed E-state index contributed by atoms with van der Waals surface area (Å²) in [4.78, 5) is 24.9. The molecule has 0 unspecified atom stereocenters. The zero-order valence-corrected chi connectivity index (χ0v) is 16.4. The summed E-state index contributed by atoms with van der Waals surface area (Å²) in [7, 11) is 0. The number of piperazine rings is 1. The number of carbonyl (C=O) groups excluding carboxylic acids is 1. The molecule has 1 aromatic heterocycles. The number of benzene rings is 1. The quantitative estimate of drug-likeness (QED) is 0.544. The molecule has 8 heteroatoms. The van der Waals surface area contributed by atoms with Gasteiger partial charge in [-0.05, 0) is 36.4 Å². The predicted molar refractivity (Wildman–Crippen MR) is 112 cm³/mol. The molecule has 2 heterocycles. The van der Waals surface area contributed by atoms with Gasteiger partial charge in [0.25, 0.3) is 0 Å². The van der Waals surface area contributed by atoms with E-state index in [4.69, 9.17) is 5.73 Å². The topological polar surface area (TPSA) is 86.8 Å². The molecule has 1 aliphatic rings. The lowest BCUT2D eigenvalue weighted by Gasteiger charge is -2.36. The summed E-state index contributed by atoms with van der Waals surface area (Å²) in [5.74, 6) is 0.178. The molecule has 1 amide bonds. The number of aromatic nitrogens is 1. The normalized spacial score (nSPS) is 14.7. The largest absolute Gasteiger partial charge is 0.370 e. The minimum Gasteiger partial charge on any atom is -0.370 e. The number of hydrogen-bond acceptors (Lipinski definition) is 4. The summed E-state index contributed by atoms with van der Waals surface area (Å²) in [5, 5.41) is 3.04. The van der Waals surface area contributed by atoms with Gasteiger partial charge in [0.1, 0.15) is 5.82 Å². The fourth-order valence-electron chi connectivity index (χ4n) is 3.22. The van der Waals surface area contributed by atoms with Gasteiger partial charge in [0.05, 0.1) is 6.54 Å². The number of aliphatic imine (C=N–C) groups is 1. The van der Waals surface area contributed by atoms with Crippen molar-refractivity contribution in [2.24, 2.45) is 10.7 Å². The van der Waals surface area contributed by atoms with Crippen LogP contribution in [-0.4, -0.2) is 61.0 Å². The molecule has 1 aliphatic heterocycles. The SMILES string of the molecule is NC(=NCCC(=O)N1CCN(c2ccc(F)cc2)CC1)NCCc1ccccn1. The summed E-state index contributed by atoms with van der Waals surface area (Å²) in [6.45, 7) is 3.77. The van der Waals surface area contributed by atoms with Gasteiger partial charge in [-0.2, -0.15) is 0 Å². The summed E-state index contributed by atoms with van der Waals surface area (Å²) in [6.07, 6.45) is 2.85. The van der Waals surface area contributed by atoms with Crippen LogP contribution in [0.5, 0.6) is 0 Å². The van der Waals surface area contributed by atoms with Crippen LogP contribution in [0.3, 0.4) is 0 Å². The van der Waals surface area contributed by atoms with E-state index in [-0.39, 0.29) is 11.7 Å². The van der Waals surface area contributed by atoms with Gasteiger partial charge in [-0.1, -0.05) is 6.07 Å². The highest BCUT2D eigenvalue weighted by Crippen LogP contribution is 2.17. The second kappa shape index (κ2) is 10.4. The van der Waals surface area contributed by atoms with Crippen molar-refractivity contribution in [1.29, 1.82) is 0 Å². The lowest BCUT2D eigenvalue weighted by molar-refractivity contribution is -0.131. The van der Waals surface area contributed by atoms with Gasteiger partial charge in [0, 0.05) is 63.1 Å². The number of halogens is 1. The monoisotopic (exact) mass is 398 g/mol. The van der Waals surface area contributed by atoms with E-state index < -0.39 is 0 Å². The van der Waals surface area contributed by atoms with Gasteiger partial charge < -0.3 is 20.9 Å². The van der Waals surface area contributed by atoms with Crippen molar-refractivity contribution in [2.75, 3.05) is 44.2 Å². The van der Waals surface area contributed by atoms with Crippen LogP contribution < -0.4 is 16.0 Å². The van der Waals surface area contributed by atoms with E-state index in [1.165, 1.54) is 12.1 Å². The van der Waals surface area contributed by atoms with Crippen molar-refractivity contribution in [3.63, 3.8) is 0 Å². The average molecular weight is 398 g/mol.